The molecule has 290 valence electrons. The monoisotopic (exact) mass is 779 g/mol. The molecule has 5 N–H and O–H groups in total. The van der Waals surface area contributed by atoms with Gasteiger partial charge in [0.15, 0.2) is 5.78 Å². The maximum Gasteiger partial charge on any atom is 0.224 e. The van der Waals surface area contributed by atoms with Gasteiger partial charge in [-0.3, -0.25) is 19.2 Å². The smallest absolute Gasteiger partial charge is 0.224 e. The summed E-state index contributed by atoms with van der Waals surface area (Å²) in [5.41, 5.74) is 7.85. The lowest BCUT2D eigenvalue weighted by Gasteiger charge is -2.32. The van der Waals surface area contributed by atoms with Crippen molar-refractivity contribution in [1.29, 1.82) is 0 Å². The third-order valence-corrected chi connectivity index (χ3v) is 11.1. The summed E-state index contributed by atoms with van der Waals surface area (Å²) in [5, 5.41) is 25.3. The number of hydrogen-bond donors (Lipinski definition) is 4. The van der Waals surface area contributed by atoms with E-state index in [0.717, 1.165) is 15.8 Å². The predicted molar refractivity (Wildman–Crippen MR) is 207 cm³/mol. The molecule has 2 amide bonds. The third-order valence-electron chi connectivity index (χ3n) is 9.86. The van der Waals surface area contributed by atoms with Crippen LogP contribution in [0.15, 0.2) is 54.7 Å². The van der Waals surface area contributed by atoms with Crippen molar-refractivity contribution in [2.75, 3.05) is 26.4 Å². The van der Waals surface area contributed by atoms with Crippen LogP contribution in [0.1, 0.15) is 80.6 Å². The van der Waals surface area contributed by atoms with E-state index in [9.17, 15) is 24.3 Å². The van der Waals surface area contributed by atoms with Crippen LogP contribution < -0.4 is 16.4 Å². The number of carbonyl (C=O) groups excluding carboxylic acids is 4. The number of aromatic nitrogens is 4. The number of hydrogen-bond acceptors (Lipinski definition) is 11. The van der Waals surface area contributed by atoms with Crippen LogP contribution in [0.3, 0.4) is 0 Å². The molecule has 54 heavy (non-hydrogen) atoms. The molecule has 0 spiro atoms. The van der Waals surface area contributed by atoms with Gasteiger partial charge in [0.1, 0.15) is 11.5 Å². The van der Waals surface area contributed by atoms with Gasteiger partial charge in [0.2, 0.25) is 11.8 Å². The number of fused-ring (bicyclic) bond motifs is 1. The Morgan fingerprint density at radius 2 is 1.80 bits per heavy atom. The minimum atomic E-state index is -0.872. The number of aliphatic hydroxyl groups is 1. The number of nitrogens with two attached hydrogens (primary N) is 1. The fraction of sp³-hybridized carbons (Fsp3) is 0.513. The van der Waals surface area contributed by atoms with E-state index in [1.54, 1.807) is 19.2 Å². The first-order chi connectivity index (χ1) is 26.2. The molecule has 4 aromatic rings. The number of aliphatic hydroxyl groups excluding tert-OH is 1. The number of amides is 2. The first-order valence-corrected chi connectivity index (χ1v) is 19.9. The zero-order valence-electron chi connectivity index (χ0n) is 30.6. The predicted octanol–water partition coefficient (Wildman–Crippen LogP) is 4.58. The first kappa shape index (κ1) is 41.1. The SMILES string of the molecule is CCC(=O)C[C@@H](Cc1nc2ccc(Cl)cc2s1)C(=O)N[C@H](C(=O)C[C@@H](CCCCN)C(=O)N[C@@H](c1ccccc1)c1cn(CCO)nn1)C1CCOCC1. The van der Waals surface area contributed by atoms with Crippen LogP contribution in [0.5, 0.6) is 0 Å². The number of halogens is 1. The van der Waals surface area contributed by atoms with Crippen molar-refractivity contribution in [3.8, 4) is 0 Å². The summed E-state index contributed by atoms with van der Waals surface area (Å²) in [6.07, 6.45) is 4.97. The first-order valence-electron chi connectivity index (χ1n) is 18.7. The van der Waals surface area contributed by atoms with E-state index in [1.165, 1.54) is 16.0 Å². The Labute approximate surface area is 324 Å². The highest BCUT2D eigenvalue weighted by atomic mass is 35.5. The van der Waals surface area contributed by atoms with Gasteiger partial charge in [-0.25, -0.2) is 9.67 Å². The van der Waals surface area contributed by atoms with E-state index in [0.29, 0.717) is 67.6 Å². The molecule has 0 unspecified atom stereocenters. The number of thiazole rings is 1. The Hall–Kier alpha value is -4.08. The molecule has 2 aromatic heterocycles. The molecule has 2 aromatic carbocycles. The maximum absolute atomic E-state index is 14.4. The number of rotatable bonds is 21. The van der Waals surface area contributed by atoms with E-state index >= 15 is 0 Å². The Kier molecular flexibility index (Phi) is 15.6. The lowest BCUT2D eigenvalue weighted by atomic mass is 9.83. The molecule has 0 radical (unpaired) electrons. The lowest BCUT2D eigenvalue weighted by Crippen LogP contribution is -2.50. The van der Waals surface area contributed by atoms with Crippen molar-refractivity contribution in [2.45, 2.75) is 83.3 Å². The number of ether oxygens (including phenoxy) is 1. The van der Waals surface area contributed by atoms with Crippen LogP contribution in [0, 0.1) is 17.8 Å². The minimum Gasteiger partial charge on any atom is -0.394 e. The molecule has 1 saturated heterocycles. The molecule has 1 aliphatic rings. The van der Waals surface area contributed by atoms with Crippen LogP contribution in [0.25, 0.3) is 10.2 Å². The van der Waals surface area contributed by atoms with E-state index in [1.807, 2.05) is 42.5 Å². The third kappa shape index (κ3) is 11.5. The summed E-state index contributed by atoms with van der Waals surface area (Å²) in [4.78, 5) is 60.2. The van der Waals surface area contributed by atoms with Crippen LogP contribution in [-0.4, -0.2) is 80.9 Å². The van der Waals surface area contributed by atoms with Gasteiger partial charge in [-0.1, -0.05) is 60.5 Å². The van der Waals surface area contributed by atoms with Gasteiger partial charge in [0, 0.05) is 49.8 Å². The topological polar surface area (TPSA) is 191 Å². The maximum atomic E-state index is 14.4. The molecule has 5 rings (SSSR count). The quantitative estimate of drug-likeness (QED) is 0.0871. The van der Waals surface area contributed by atoms with E-state index in [2.05, 4.69) is 20.9 Å². The largest absolute Gasteiger partial charge is 0.394 e. The second-order valence-electron chi connectivity index (χ2n) is 13.8. The molecular formula is C39H50ClN7O6S. The number of ketones is 2. The highest BCUT2D eigenvalue weighted by Crippen LogP contribution is 2.29. The van der Waals surface area contributed by atoms with Gasteiger partial charge >= 0.3 is 0 Å². The molecule has 13 nitrogen and oxygen atoms in total. The van der Waals surface area contributed by atoms with Crippen molar-refractivity contribution in [3.63, 3.8) is 0 Å². The molecule has 3 heterocycles. The van der Waals surface area contributed by atoms with Crippen LogP contribution in [-0.2, 0) is 36.9 Å². The summed E-state index contributed by atoms with van der Waals surface area (Å²) < 4.78 is 8.00. The number of carbonyl (C=O) groups is 4. The van der Waals surface area contributed by atoms with Gasteiger partial charge < -0.3 is 26.2 Å². The second-order valence-corrected chi connectivity index (χ2v) is 15.3. The normalized spacial score (nSPS) is 15.7. The van der Waals surface area contributed by atoms with Gasteiger partial charge in [-0.15, -0.1) is 16.4 Å². The average Bonchev–Trinajstić information content (AvgIpc) is 3.82. The Morgan fingerprint density at radius 3 is 2.52 bits per heavy atom. The highest BCUT2D eigenvalue weighted by Gasteiger charge is 2.36. The standard InChI is InChI=1S/C39H50ClN7O6S/c1-2-30(49)20-28(22-35-42-31-12-11-29(40)23-34(31)54-35)39(52)44-37(26-13-18-53-19-14-26)33(50)21-27(10-6-7-15-41)38(51)43-36(25-8-4-3-5-9-25)32-24-47(16-17-48)46-45-32/h3-5,8-9,11-12,23-24,26-28,36-37,48H,2,6-7,10,13-22,41H2,1H3,(H,43,51)(H,44,52)/t27-,28+,36+,37+/m1/s1. The highest BCUT2D eigenvalue weighted by molar-refractivity contribution is 7.18. The van der Waals surface area contributed by atoms with Gasteiger partial charge in [0.05, 0.1) is 52.6 Å². The summed E-state index contributed by atoms with van der Waals surface area (Å²) >= 11 is 7.63. The summed E-state index contributed by atoms with van der Waals surface area (Å²) in [5.74, 6) is -2.68. The second kappa shape index (κ2) is 20.6. The van der Waals surface area contributed by atoms with Crippen molar-refractivity contribution in [3.05, 3.63) is 76.0 Å². The van der Waals surface area contributed by atoms with Crippen molar-refractivity contribution >= 4 is 56.5 Å². The number of unbranched alkanes of at least 4 members (excludes halogenated alkanes) is 1. The van der Waals surface area contributed by atoms with E-state index in [4.69, 9.17) is 27.1 Å². The molecule has 1 aliphatic heterocycles. The Morgan fingerprint density at radius 1 is 1.04 bits per heavy atom. The van der Waals surface area contributed by atoms with Gasteiger partial charge in [0.25, 0.3) is 0 Å². The van der Waals surface area contributed by atoms with E-state index < -0.39 is 29.8 Å². The number of Topliss-reactive ketones (excluding diaryl/α,β-unsaturated/α-hetero) is 2. The zero-order valence-corrected chi connectivity index (χ0v) is 32.2. The van der Waals surface area contributed by atoms with Crippen LogP contribution in [0.2, 0.25) is 5.02 Å². The average molecular weight is 780 g/mol. The van der Waals surface area contributed by atoms with Crippen LogP contribution in [0.4, 0.5) is 0 Å². The van der Waals surface area contributed by atoms with Crippen molar-refractivity contribution in [2.24, 2.45) is 23.5 Å². The fourth-order valence-electron chi connectivity index (χ4n) is 6.82. The summed E-state index contributed by atoms with van der Waals surface area (Å²) in [6.45, 7) is 3.25. The van der Waals surface area contributed by atoms with Gasteiger partial charge in [-0.05, 0) is 61.9 Å². The van der Waals surface area contributed by atoms with Crippen molar-refractivity contribution in [1.82, 2.24) is 30.6 Å². The number of benzene rings is 2. The van der Waals surface area contributed by atoms with Crippen LogP contribution >= 0.6 is 22.9 Å². The number of nitrogens with one attached hydrogen (secondary N) is 2. The summed E-state index contributed by atoms with van der Waals surface area (Å²) in [6, 6.07) is 13.3. The minimum absolute atomic E-state index is 0.0155. The molecule has 0 bridgehead atoms. The lowest BCUT2D eigenvalue weighted by molar-refractivity contribution is -0.135. The molecular weight excluding hydrogens is 730 g/mol. The fourth-order valence-corrected chi connectivity index (χ4v) is 8.15. The van der Waals surface area contributed by atoms with E-state index in [-0.39, 0.29) is 62.2 Å². The zero-order chi connectivity index (χ0) is 38.5. The number of nitrogens with zero attached hydrogens (tertiary/aromatic N) is 4. The van der Waals surface area contributed by atoms with Gasteiger partial charge in [-0.2, -0.15) is 0 Å². The summed E-state index contributed by atoms with van der Waals surface area (Å²) in [7, 11) is 0. The molecule has 0 saturated carbocycles. The molecule has 1 fully saturated rings. The molecule has 4 atom stereocenters. The Bertz CT molecular complexity index is 1850. The van der Waals surface area contributed by atoms with Crippen molar-refractivity contribution < 1.29 is 29.0 Å². The molecule has 15 heteroatoms. The molecule has 0 aliphatic carbocycles. The Balaban J connectivity index is 1.38.